The molecule has 3 amide bonds. The normalized spacial score (nSPS) is 28.6. The molecule has 1 aliphatic carbocycles. The maximum Gasteiger partial charge on any atom is 0.411 e. The van der Waals surface area contributed by atoms with Crippen LogP contribution in [-0.4, -0.2) is 35.5 Å². The van der Waals surface area contributed by atoms with Crippen LogP contribution in [0.1, 0.15) is 18.0 Å². The van der Waals surface area contributed by atoms with Crippen LogP contribution in [0, 0.1) is 11.8 Å². The van der Waals surface area contributed by atoms with Gasteiger partial charge in [0.05, 0.1) is 29.6 Å². The Kier molecular flexibility index (Phi) is 4.19. The lowest BCUT2D eigenvalue weighted by atomic mass is 9.80. The summed E-state index contributed by atoms with van der Waals surface area (Å²) >= 11 is 0. The Morgan fingerprint density at radius 3 is 2.28 bits per heavy atom. The van der Waals surface area contributed by atoms with E-state index in [9.17, 15) is 14.4 Å². The molecule has 0 aromatic heterocycles. The third-order valence-corrected chi connectivity index (χ3v) is 6.00. The van der Waals surface area contributed by atoms with Crippen LogP contribution in [-0.2, 0) is 14.3 Å². The lowest BCUT2D eigenvalue weighted by Crippen LogP contribution is -2.47. The second-order valence-corrected chi connectivity index (χ2v) is 7.54. The van der Waals surface area contributed by atoms with Crippen molar-refractivity contribution in [2.75, 3.05) is 11.5 Å². The topological polar surface area (TPSA) is 66.9 Å². The zero-order valence-electron chi connectivity index (χ0n) is 15.7. The number of benzene rings is 2. The third-order valence-electron chi connectivity index (χ3n) is 6.00. The lowest BCUT2D eigenvalue weighted by molar-refractivity contribution is -0.122. The number of para-hydroxylation sites is 1. The fourth-order valence-corrected chi connectivity index (χ4v) is 4.66. The highest BCUT2D eigenvalue weighted by Gasteiger charge is 2.55. The van der Waals surface area contributed by atoms with E-state index in [1.54, 1.807) is 29.2 Å². The second kappa shape index (κ2) is 6.88. The number of cyclic esters (lactones) is 1. The standard InChI is InChI=1S/C23H20N2O4/c26-21-17-12-7-13-18(20(17)22(27)24(21)16-10-5-2-6-11-16)25-19(14-29-23(25)28)15-8-3-1-4-9-15/h1-11,13,17-20H,12,14H2/t17-,18+,19+,20-/m0/s1. The van der Waals surface area contributed by atoms with Crippen LogP contribution in [0.4, 0.5) is 10.5 Å². The minimum atomic E-state index is -0.607. The van der Waals surface area contributed by atoms with Gasteiger partial charge in [-0.25, -0.2) is 9.69 Å². The Hall–Kier alpha value is -3.41. The number of imide groups is 1. The van der Waals surface area contributed by atoms with E-state index in [4.69, 9.17) is 4.74 Å². The van der Waals surface area contributed by atoms with Crippen LogP contribution >= 0.6 is 0 Å². The highest BCUT2D eigenvalue weighted by molar-refractivity contribution is 6.22. The number of amides is 3. The number of carbonyl (C=O) groups is 3. The number of ether oxygens (including phenoxy) is 1. The van der Waals surface area contributed by atoms with E-state index < -0.39 is 24.0 Å². The fraction of sp³-hybridized carbons (Fsp3) is 0.261. The predicted octanol–water partition coefficient (Wildman–Crippen LogP) is 3.31. The molecule has 0 unspecified atom stereocenters. The van der Waals surface area contributed by atoms with Crippen LogP contribution < -0.4 is 4.90 Å². The first-order valence-electron chi connectivity index (χ1n) is 9.76. The van der Waals surface area contributed by atoms with Crippen molar-refractivity contribution in [2.45, 2.75) is 18.5 Å². The first-order chi connectivity index (χ1) is 14.2. The molecule has 0 radical (unpaired) electrons. The highest BCUT2D eigenvalue weighted by Crippen LogP contribution is 2.43. The molecular weight excluding hydrogens is 368 g/mol. The zero-order valence-corrected chi connectivity index (χ0v) is 15.7. The molecule has 0 bridgehead atoms. The summed E-state index contributed by atoms with van der Waals surface area (Å²) in [6.07, 6.45) is 3.82. The van der Waals surface area contributed by atoms with Crippen molar-refractivity contribution in [2.24, 2.45) is 11.8 Å². The van der Waals surface area contributed by atoms with Crippen molar-refractivity contribution < 1.29 is 19.1 Å². The molecule has 0 saturated carbocycles. The van der Waals surface area contributed by atoms with Gasteiger partial charge in [-0.05, 0) is 24.1 Å². The van der Waals surface area contributed by atoms with Gasteiger partial charge in [-0.3, -0.25) is 14.5 Å². The number of allylic oxidation sites excluding steroid dienone is 1. The molecule has 6 nitrogen and oxygen atoms in total. The number of rotatable bonds is 3. The molecule has 2 aliphatic heterocycles. The molecule has 29 heavy (non-hydrogen) atoms. The summed E-state index contributed by atoms with van der Waals surface area (Å²) in [6, 6.07) is 17.8. The summed E-state index contributed by atoms with van der Waals surface area (Å²) in [4.78, 5) is 42.0. The van der Waals surface area contributed by atoms with Gasteiger partial charge < -0.3 is 4.74 Å². The predicted molar refractivity (Wildman–Crippen MR) is 106 cm³/mol. The van der Waals surface area contributed by atoms with E-state index >= 15 is 0 Å². The molecule has 4 atom stereocenters. The lowest BCUT2D eigenvalue weighted by Gasteiger charge is -2.35. The van der Waals surface area contributed by atoms with Crippen LogP contribution in [0.25, 0.3) is 0 Å². The van der Waals surface area contributed by atoms with Crippen LogP contribution in [0.5, 0.6) is 0 Å². The molecule has 0 spiro atoms. The van der Waals surface area contributed by atoms with Crippen molar-refractivity contribution >= 4 is 23.6 Å². The molecule has 0 N–H and O–H groups in total. The second-order valence-electron chi connectivity index (χ2n) is 7.54. The van der Waals surface area contributed by atoms with Gasteiger partial charge >= 0.3 is 6.09 Å². The molecule has 2 aromatic rings. The van der Waals surface area contributed by atoms with Gasteiger partial charge in [0, 0.05) is 0 Å². The van der Waals surface area contributed by atoms with Crippen LogP contribution in [0.2, 0.25) is 0 Å². The Bertz CT molecular complexity index is 988. The van der Waals surface area contributed by atoms with Gasteiger partial charge in [0.1, 0.15) is 6.61 Å². The number of fused-ring (bicyclic) bond motifs is 1. The minimum absolute atomic E-state index is 0.204. The minimum Gasteiger partial charge on any atom is -0.447 e. The van der Waals surface area contributed by atoms with E-state index in [-0.39, 0.29) is 24.5 Å². The van der Waals surface area contributed by atoms with E-state index in [2.05, 4.69) is 0 Å². The maximum atomic E-state index is 13.4. The molecule has 5 rings (SSSR count). The van der Waals surface area contributed by atoms with Gasteiger partial charge in [0.2, 0.25) is 11.8 Å². The van der Waals surface area contributed by atoms with Gasteiger partial charge in [0.15, 0.2) is 0 Å². The first-order valence-corrected chi connectivity index (χ1v) is 9.76. The Morgan fingerprint density at radius 1 is 0.862 bits per heavy atom. The summed E-state index contributed by atoms with van der Waals surface area (Å²) in [5.74, 6) is -1.54. The van der Waals surface area contributed by atoms with Gasteiger partial charge in [-0.2, -0.15) is 0 Å². The third kappa shape index (κ3) is 2.75. The zero-order chi connectivity index (χ0) is 20.0. The van der Waals surface area contributed by atoms with Crippen molar-refractivity contribution in [3.63, 3.8) is 0 Å². The van der Waals surface area contributed by atoms with Crippen molar-refractivity contribution in [3.8, 4) is 0 Å². The number of anilines is 1. The molecule has 6 heteroatoms. The van der Waals surface area contributed by atoms with E-state index in [1.807, 2.05) is 48.6 Å². The van der Waals surface area contributed by atoms with E-state index in [0.29, 0.717) is 12.1 Å². The molecule has 2 fully saturated rings. The van der Waals surface area contributed by atoms with Crippen molar-refractivity contribution in [3.05, 3.63) is 78.4 Å². The van der Waals surface area contributed by atoms with E-state index in [0.717, 1.165) is 5.56 Å². The van der Waals surface area contributed by atoms with E-state index in [1.165, 1.54) is 4.90 Å². The van der Waals surface area contributed by atoms with Gasteiger partial charge in [-0.15, -0.1) is 0 Å². The number of hydrogen-bond acceptors (Lipinski definition) is 4. The molecule has 2 heterocycles. The van der Waals surface area contributed by atoms with Gasteiger partial charge in [0.25, 0.3) is 0 Å². The Morgan fingerprint density at radius 2 is 1.55 bits per heavy atom. The number of carbonyl (C=O) groups excluding carboxylic acids is 3. The quantitative estimate of drug-likeness (QED) is 0.598. The summed E-state index contributed by atoms with van der Waals surface area (Å²) in [5, 5.41) is 0. The molecule has 2 saturated heterocycles. The highest BCUT2D eigenvalue weighted by atomic mass is 16.6. The average Bonchev–Trinajstić information content (AvgIpc) is 3.27. The molecule has 2 aromatic carbocycles. The van der Waals surface area contributed by atoms with Crippen LogP contribution in [0.3, 0.4) is 0 Å². The smallest absolute Gasteiger partial charge is 0.411 e. The summed E-state index contributed by atoms with van der Waals surface area (Å²) < 4.78 is 5.35. The van der Waals surface area contributed by atoms with Crippen molar-refractivity contribution in [1.82, 2.24) is 4.90 Å². The number of nitrogens with zero attached hydrogens (tertiary/aromatic N) is 2. The monoisotopic (exact) mass is 388 g/mol. The average molecular weight is 388 g/mol. The van der Waals surface area contributed by atoms with Crippen molar-refractivity contribution in [1.29, 1.82) is 0 Å². The maximum absolute atomic E-state index is 13.4. The first kappa shape index (κ1) is 17.7. The van der Waals surface area contributed by atoms with Gasteiger partial charge in [-0.1, -0.05) is 60.7 Å². The molecular formula is C23H20N2O4. The van der Waals surface area contributed by atoms with Crippen LogP contribution in [0.15, 0.2) is 72.8 Å². The molecule has 146 valence electrons. The Labute approximate surface area is 168 Å². The molecule has 3 aliphatic rings. The summed E-state index contributed by atoms with van der Waals surface area (Å²) in [5.41, 5.74) is 1.52. The largest absolute Gasteiger partial charge is 0.447 e. The SMILES string of the molecule is O=C1[C@H]2[C@H](CC=C[C@H]2N2C(=O)OC[C@@H]2c2ccccc2)C(=O)N1c1ccccc1. The fourth-order valence-electron chi connectivity index (χ4n) is 4.66. The number of hydrogen-bond donors (Lipinski definition) is 0. The summed E-state index contributed by atoms with van der Waals surface area (Å²) in [7, 11) is 0. The summed E-state index contributed by atoms with van der Waals surface area (Å²) in [6.45, 7) is 0.231. The Balaban J connectivity index is 1.52.